The number of hydrogen-bond acceptors (Lipinski definition) is 2. The Balaban J connectivity index is 2.09. The van der Waals surface area contributed by atoms with Gasteiger partial charge in [0.25, 0.3) is 0 Å². The molecule has 0 aromatic carbocycles. The molecule has 0 aliphatic carbocycles. The van der Waals surface area contributed by atoms with Crippen LogP contribution in [0.15, 0.2) is 0 Å². The van der Waals surface area contributed by atoms with Gasteiger partial charge in [-0.15, -0.1) is 0 Å². The van der Waals surface area contributed by atoms with Crippen LogP contribution in [0.2, 0.25) is 0 Å². The maximum absolute atomic E-state index is 9.42. The fraction of sp³-hybridized carbons (Fsp3) is 1.00. The van der Waals surface area contributed by atoms with Crippen molar-refractivity contribution in [1.29, 1.82) is 0 Å². The molecule has 14 heavy (non-hydrogen) atoms. The van der Waals surface area contributed by atoms with Gasteiger partial charge in [0.05, 0.1) is 6.10 Å². The van der Waals surface area contributed by atoms with E-state index in [9.17, 15) is 5.11 Å². The van der Waals surface area contributed by atoms with Crippen molar-refractivity contribution in [3.8, 4) is 0 Å². The second-order valence-electron chi connectivity index (χ2n) is 5.39. The van der Waals surface area contributed by atoms with Crippen molar-refractivity contribution in [3.05, 3.63) is 0 Å². The van der Waals surface area contributed by atoms with Gasteiger partial charge in [-0.2, -0.15) is 0 Å². The van der Waals surface area contributed by atoms with Crippen LogP contribution >= 0.6 is 0 Å². The van der Waals surface area contributed by atoms with Crippen LogP contribution in [0.4, 0.5) is 0 Å². The molecule has 1 rings (SSSR count). The number of nitrogens with zero attached hydrogens (tertiary/aromatic N) is 1. The van der Waals surface area contributed by atoms with E-state index in [2.05, 4.69) is 18.7 Å². The van der Waals surface area contributed by atoms with Crippen molar-refractivity contribution >= 4 is 0 Å². The van der Waals surface area contributed by atoms with Crippen molar-refractivity contribution < 1.29 is 5.11 Å². The average molecular weight is 199 g/mol. The van der Waals surface area contributed by atoms with Crippen molar-refractivity contribution in [2.24, 2.45) is 5.41 Å². The fourth-order valence-corrected chi connectivity index (χ4v) is 2.17. The minimum Gasteiger partial charge on any atom is -0.393 e. The zero-order valence-electron chi connectivity index (χ0n) is 9.92. The normalized spacial score (nSPS) is 24.0. The highest BCUT2D eigenvalue weighted by atomic mass is 16.3. The molecule has 0 saturated carbocycles. The van der Waals surface area contributed by atoms with E-state index in [0.717, 1.165) is 19.3 Å². The molecule has 1 N–H and O–H groups in total. The molecule has 1 aliphatic heterocycles. The van der Waals surface area contributed by atoms with Gasteiger partial charge in [-0.05, 0) is 44.2 Å². The zero-order chi connectivity index (χ0) is 10.6. The van der Waals surface area contributed by atoms with E-state index in [4.69, 9.17) is 0 Å². The summed E-state index contributed by atoms with van der Waals surface area (Å²) in [7, 11) is 0. The first kappa shape index (κ1) is 12.0. The zero-order valence-corrected chi connectivity index (χ0v) is 9.92. The minimum absolute atomic E-state index is 0.0781. The molecule has 2 nitrogen and oxygen atoms in total. The van der Waals surface area contributed by atoms with Crippen LogP contribution in [0, 0.1) is 5.41 Å². The van der Waals surface area contributed by atoms with Crippen LogP contribution in [0.1, 0.15) is 46.5 Å². The Kier molecular flexibility index (Phi) is 4.39. The number of aliphatic hydroxyl groups is 1. The summed E-state index contributed by atoms with van der Waals surface area (Å²) in [5.74, 6) is 0. The highest BCUT2D eigenvalue weighted by Crippen LogP contribution is 2.28. The number of aliphatic hydroxyl groups excluding tert-OH is 1. The summed E-state index contributed by atoms with van der Waals surface area (Å²) >= 11 is 0. The Labute approximate surface area is 88.3 Å². The summed E-state index contributed by atoms with van der Waals surface area (Å²) in [6.07, 6.45) is 4.25. The molecule has 1 unspecified atom stereocenters. The van der Waals surface area contributed by atoms with Crippen molar-refractivity contribution in [2.75, 3.05) is 19.6 Å². The average Bonchev–Trinajstić information content (AvgIpc) is 2.45. The van der Waals surface area contributed by atoms with E-state index in [1.807, 2.05) is 6.92 Å². The van der Waals surface area contributed by atoms with Crippen LogP contribution in [-0.4, -0.2) is 35.7 Å². The lowest BCUT2D eigenvalue weighted by atomic mass is 9.93. The third-order valence-electron chi connectivity index (χ3n) is 3.24. The number of rotatable bonds is 5. The van der Waals surface area contributed by atoms with Gasteiger partial charge in [-0.1, -0.05) is 20.8 Å². The first-order valence-electron chi connectivity index (χ1n) is 5.94. The summed E-state index contributed by atoms with van der Waals surface area (Å²) < 4.78 is 0. The molecule has 1 heterocycles. The van der Waals surface area contributed by atoms with Gasteiger partial charge in [0.15, 0.2) is 0 Å². The third-order valence-corrected chi connectivity index (χ3v) is 3.24. The van der Waals surface area contributed by atoms with Gasteiger partial charge >= 0.3 is 0 Å². The standard InChI is InChI=1S/C12H25NO/c1-4-11(14)6-5-8-13-9-7-12(2,3)10-13/h11,14H,4-10H2,1-3H3. The highest BCUT2D eigenvalue weighted by molar-refractivity contribution is 4.82. The van der Waals surface area contributed by atoms with Gasteiger partial charge in [-0.3, -0.25) is 0 Å². The SMILES string of the molecule is CCC(O)CCCN1CCC(C)(C)C1. The maximum Gasteiger partial charge on any atom is 0.0538 e. The Morgan fingerprint density at radius 2 is 2.14 bits per heavy atom. The molecular formula is C12H25NO. The predicted molar refractivity (Wildman–Crippen MR) is 60.4 cm³/mol. The van der Waals surface area contributed by atoms with E-state index < -0.39 is 0 Å². The molecule has 0 aromatic rings. The largest absolute Gasteiger partial charge is 0.393 e. The van der Waals surface area contributed by atoms with Crippen molar-refractivity contribution in [3.63, 3.8) is 0 Å². The highest BCUT2D eigenvalue weighted by Gasteiger charge is 2.28. The van der Waals surface area contributed by atoms with Gasteiger partial charge < -0.3 is 10.0 Å². The molecule has 0 bridgehead atoms. The Bertz CT molecular complexity index is 168. The van der Waals surface area contributed by atoms with Crippen LogP contribution in [0.3, 0.4) is 0 Å². The van der Waals surface area contributed by atoms with Crippen LogP contribution < -0.4 is 0 Å². The lowest BCUT2D eigenvalue weighted by molar-refractivity contribution is 0.151. The fourth-order valence-electron chi connectivity index (χ4n) is 2.17. The van der Waals surface area contributed by atoms with Gasteiger partial charge in [0.1, 0.15) is 0 Å². The summed E-state index contributed by atoms with van der Waals surface area (Å²) in [5, 5.41) is 9.42. The smallest absolute Gasteiger partial charge is 0.0538 e. The minimum atomic E-state index is -0.0781. The first-order chi connectivity index (χ1) is 6.53. The Hall–Kier alpha value is -0.0800. The quantitative estimate of drug-likeness (QED) is 0.734. The molecule has 0 radical (unpaired) electrons. The molecule has 0 amide bonds. The van der Waals surface area contributed by atoms with Crippen LogP contribution in [0.5, 0.6) is 0 Å². The molecule has 1 aliphatic rings. The van der Waals surface area contributed by atoms with E-state index >= 15 is 0 Å². The van der Waals surface area contributed by atoms with Gasteiger partial charge in [-0.25, -0.2) is 0 Å². The Morgan fingerprint density at radius 1 is 1.43 bits per heavy atom. The predicted octanol–water partition coefficient (Wildman–Crippen LogP) is 2.27. The Morgan fingerprint density at radius 3 is 2.64 bits per heavy atom. The monoisotopic (exact) mass is 199 g/mol. The molecule has 1 atom stereocenters. The molecular weight excluding hydrogens is 174 g/mol. The summed E-state index contributed by atoms with van der Waals surface area (Å²) in [4.78, 5) is 2.53. The molecule has 0 spiro atoms. The molecule has 84 valence electrons. The molecule has 1 saturated heterocycles. The third kappa shape index (κ3) is 3.97. The van der Waals surface area contributed by atoms with E-state index in [0.29, 0.717) is 5.41 Å². The number of likely N-dealkylation sites (tertiary alicyclic amines) is 1. The molecule has 2 heteroatoms. The maximum atomic E-state index is 9.42. The second-order valence-corrected chi connectivity index (χ2v) is 5.39. The molecule has 1 fully saturated rings. The molecule has 0 aromatic heterocycles. The topological polar surface area (TPSA) is 23.5 Å². The van der Waals surface area contributed by atoms with Crippen molar-refractivity contribution in [2.45, 2.75) is 52.6 Å². The van der Waals surface area contributed by atoms with Gasteiger partial charge in [0, 0.05) is 6.54 Å². The lowest BCUT2D eigenvalue weighted by Gasteiger charge is -2.19. The first-order valence-corrected chi connectivity index (χ1v) is 5.94. The summed E-state index contributed by atoms with van der Waals surface area (Å²) in [6.45, 7) is 10.4. The van der Waals surface area contributed by atoms with Crippen molar-refractivity contribution in [1.82, 2.24) is 4.90 Å². The summed E-state index contributed by atoms with van der Waals surface area (Å²) in [5.41, 5.74) is 0.517. The van der Waals surface area contributed by atoms with Gasteiger partial charge in [0.2, 0.25) is 0 Å². The van der Waals surface area contributed by atoms with E-state index in [1.54, 1.807) is 0 Å². The number of hydrogen-bond donors (Lipinski definition) is 1. The second kappa shape index (κ2) is 5.13. The van der Waals surface area contributed by atoms with E-state index in [-0.39, 0.29) is 6.10 Å². The van der Waals surface area contributed by atoms with Crippen LogP contribution in [-0.2, 0) is 0 Å². The van der Waals surface area contributed by atoms with E-state index in [1.165, 1.54) is 26.1 Å². The van der Waals surface area contributed by atoms with Crippen LogP contribution in [0.25, 0.3) is 0 Å². The lowest BCUT2D eigenvalue weighted by Crippen LogP contribution is -2.25. The summed E-state index contributed by atoms with van der Waals surface area (Å²) in [6, 6.07) is 0.